The van der Waals surface area contributed by atoms with Crippen molar-refractivity contribution in [1.29, 1.82) is 0 Å². The van der Waals surface area contributed by atoms with Crippen molar-refractivity contribution < 1.29 is 19.1 Å². The lowest BCUT2D eigenvalue weighted by Gasteiger charge is -2.28. The Kier molecular flexibility index (Phi) is 5.20. The minimum absolute atomic E-state index is 0.0347. The second-order valence-corrected chi connectivity index (χ2v) is 6.80. The highest BCUT2D eigenvalue weighted by molar-refractivity contribution is 6.30. The lowest BCUT2D eigenvalue weighted by atomic mass is 9.89. The highest BCUT2D eigenvalue weighted by Gasteiger charge is 2.38. The maximum absolute atomic E-state index is 13.5. The normalized spacial score (nSPS) is 15.2. The molecule has 0 aliphatic carbocycles. The van der Waals surface area contributed by atoms with Gasteiger partial charge in [0.2, 0.25) is 5.95 Å². The highest BCUT2D eigenvalue weighted by Crippen LogP contribution is 2.37. The second-order valence-electron chi connectivity index (χ2n) is 6.37. The number of anilines is 1. The van der Waals surface area contributed by atoms with Crippen molar-refractivity contribution in [2.45, 2.75) is 6.04 Å². The first-order valence-corrected chi connectivity index (χ1v) is 9.23. The van der Waals surface area contributed by atoms with Crippen LogP contribution in [0.3, 0.4) is 0 Å². The van der Waals surface area contributed by atoms with Gasteiger partial charge in [-0.05, 0) is 52.4 Å². The van der Waals surface area contributed by atoms with Crippen molar-refractivity contribution in [2.75, 3.05) is 19.5 Å². The van der Waals surface area contributed by atoms with Crippen LogP contribution in [0.2, 0.25) is 5.02 Å². The van der Waals surface area contributed by atoms with Gasteiger partial charge < -0.3 is 14.8 Å². The largest absolute Gasteiger partial charge is 0.497 e. The van der Waals surface area contributed by atoms with Crippen LogP contribution in [0.5, 0.6) is 5.75 Å². The molecule has 0 unspecified atom stereocenters. The maximum atomic E-state index is 13.5. The van der Waals surface area contributed by atoms with Gasteiger partial charge in [-0.3, -0.25) is 4.79 Å². The Bertz CT molecular complexity index is 1160. The molecule has 0 spiro atoms. The zero-order valence-corrected chi connectivity index (χ0v) is 16.8. The fraction of sp³-hybridized carbons (Fsp3) is 0.150. The number of halogens is 1. The molecule has 10 heteroatoms. The van der Waals surface area contributed by atoms with Crippen molar-refractivity contribution in [3.05, 3.63) is 76.0 Å². The molecule has 1 aromatic heterocycles. The number of benzene rings is 2. The zero-order valence-electron chi connectivity index (χ0n) is 16.0. The molecule has 4 rings (SSSR count). The van der Waals surface area contributed by atoms with Crippen LogP contribution in [0.25, 0.3) is 0 Å². The van der Waals surface area contributed by atoms with Gasteiger partial charge in [0.15, 0.2) is 5.78 Å². The first-order valence-electron chi connectivity index (χ1n) is 8.85. The van der Waals surface area contributed by atoms with Crippen LogP contribution < -0.4 is 10.1 Å². The van der Waals surface area contributed by atoms with Crippen LogP contribution >= 0.6 is 11.6 Å². The number of fused-ring (bicyclic) bond motifs is 1. The van der Waals surface area contributed by atoms with Crippen LogP contribution in [0.4, 0.5) is 5.95 Å². The molecule has 3 aromatic rings. The van der Waals surface area contributed by atoms with E-state index in [0.717, 1.165) is 0 Å². The van der Waals surface area contributed by atoms with Crippen molar-refractivity contribution in [3.63, 3.8) is 0 Å². The predicted octanol–water partition coefficient (Wildman–Crippen LogP) is 2.66. The van der Waals surface area contributed by atoms with E-state index in [-0.39, 0.29) is 17.2 Å². The lowest BCUT2D eigenvalue weighted by molar-refractivity contribution is -0.136. The Morgan fingerprint density at radius 1 is 1.13 bits per heavy atom. The van der Waals surface area contributed by atoms with Gasteiger partial charge in [0.05, 0.1) is 19.8 Å². The topological polar surface area (TPSA) is 108 Å². The van der Waals surface area contributed by atoms with Crippen LogP contribution in [-0.2, 0) is 9.53 Å². The number of carbonyl (C=O) groups is 2. The Labute approximate surface area is 176 Å². The summed E-state index contributed by atoms with van der Waals surface area (Å²) in [7, 11) is 2.78. The molecule has 1 aliphatic heterocycles. The third kappa shape index (κ3) is 3.39. The second kappa shape index (κ2) is 7.96. The van der Waals surface area contributed by atoms with E-state index in [2.05, 4.69) is 20.8 Å². The van der Waals surface area contributed by atoms with E-state index < -0.39 is 17.8 Å². The van der Waals surface area contributed by atoms with Crippen molar-refractivity contribution >= 4 is 29.3 Å². The van der Waals surface area contributed by atoms with E-state index in [1.165, 1.54) is 11.8 Å². The van der Waals surface area contributed by atoms with Gasteiger partial charge in [-0.15, -0.1) is 0 Å². The summed E-state index contributed by atoms with van der Waals surface area (Å²) >= 11 is 5.96. The number of Topliss-reactive ketones (excluding diaryl/α,β-unsaturated/α-hetero) is 1. The first-order chi connectivity index (χ1) is 14.5. The molecule has 0 bridgehead atoms. The molecule has 1 aliphatic rings. The number of carbonyl (C=O) groups excluding carboxylic acids is 2. The average Bonchev–Trinajstić information content (AvgIpc) is 3.25. The van der Waals surface area contributed by atoms with Gasteiger partial charge in [-0.2, -0.15) is 4.68 Å². The minimum atomic E-state index is -0.788. The molecular formula is C20H16ClN5O4. The Balaban J connectivity index is 1.95. The van der Waals surface area contributed by atoms with E-state index in [9.17, 15) is 9.59 Å². The molecule has 2 aromatic carbocycles. The smallest absolute Gasteiger partial charge is 0.355 e. The number of esters is 1. The van der Waals surface area contributed by atoms with E-state index in [0.29, 0.717) is 21.9 Å². The van der Waals surface area contributed by atoms with Crippen LogP contribution in [0.15, 0.2) is 59.8 Å². The summed E-state index contributed by atoms with van der Waals surface area (Å²) < 4.78 is 11.7. The summed E-state index contributed by atoms with van der Waals surface area (Å²) in [5.41, 5.74) is 1.11. The number of nitrogens with one attached hydrogen (secondary N) is 1. The predicted molar refractivity (Wildman–Crippen MR) is 107 cm³/mol. The minimum Gasteiger partial charge on any atom is -0.497 e. The van der Waals surface area contributed by atoms with Crippen molar-refractivity contribution in [3.8, 4) is 5.75 Å². The van der Waals surface area contributed by atoms with Gasteiger partial charge in [-0.25, -0.2) is 4.79 Å². The summed E-state index contributed by atoms with van der Waals surface area (Å²) in [5, 5.41) is 14.9. The van der Waals surface area contributed by atoms with Crippen LogP contribution in [0, 0.1) is 0 Å². The molecule has 30 heavy (non-hydrogen) atoms. The third-order valence-corrected chi connectivity index (χ3v) is 4.92. The summed E-state index contributed by atoms with van der Waals surface area (Å²) in [4.78, 5) is 26.1. The Morgan fingerprint density at radius 2 is 1.90 bits per heavy atom. The monoisotopic (exact) mass is 425 g/mol. The fourth-order valence-corrected chi connectivity index (χ4v) is 3.39. The SMILES string of the molecule is COC(=O)C1=C(C(=O)c2ccc(Cl)cc2)[C@@H](c2cccc(OC)c2)n2nnnc2N1. The first kappa shape index (κ1) is 19.6. The number of ether oxygens (including phenoxy) is 2. The lowest BCUT2D eigenvalue weighted by Crippen LogP contribution is -2.33. The third-order valence-electron chi connectivity index (χ3n) is 4.67. The van der Waals surface area contributed by atoms with Gasteiger partial charge >= 0.3 is 5.97 Å². The quantitative estimate of drug-likeness (QED) is 0.491. The molecular weight excluding hydrogens is 410 g/mol. The summed E-state index contributed by atoms with van der Waals surface area (Å²) in [5.74, 6) is -0.322. The number of hydrogen-bond donors (Lipinski definition) is 1. The van der Waals surface area contributed by atoms with E-state index >= 15 is 0 Å². The molecule has 0 fully saturated rings. The van der Waals surface area contributed by atoms with E-state index in [1.807, 2.05) is 0 Å². The molecule has 152 valence electrons. The number of rotatable bonds is 5. The summed E-state index contributed by atoms with van der Waals surface area (Å²) in [6.45, 7) is 0. The Hall–Kier alpha value is -3.72. The van der Waals surface area contributed by atoms with Crippen molar-refractivity contribution in [1.82, 2.24) is 20.2 Å². The van der Waals surface area contributed by atoms with E-state index in [1.54, 1.807) is 55.6 Å². The molecule has 0 saturated carbocycles. The number of nitrogens with zero attached hydrogens (tertiary/aromatic N) is 4. The molecule has 0 amide bonds. The molecule has 0 radical (unpaired) electrons. The van der Waals surface area contributed by atoms with E-state index in [4.69, 9.17) is 21.1 Å². The number of hydrogen-bond acceptors (Lipinski definition) is 8. The molecule has 2 heterocycles. The highest BCUT2D eigenvalue weighted by atomic mass is 35.5. The Morgan fingerprint density at radius 3 is 2.60 bits per heavy atom. The molecule has 1 N–H and O–H groups in total. The van der Waals surface area contributed by atoms with Gasteiger partial charge in [0.1, 0.15) is 17.5 Å². The van der Waals surface area contributed by atoms with Gasteiger partial charge in [0.25, 0.3) is 0 Å². The molecule has 0 saturated heterocycles. The van der Waals surface area contributed by atoms with Crippen molar-refractivity contribution in [2.24, 2.45) is 0 Å². The zero-order chi connectivity index (χ0) is 21.3. The summed E-state index contributed by atoms with van der Waals surface area (Å²) in [6.07, 6.45) is 0. The van der Waals surface area contributed by atoms with Gasteiger partial charge in [0, 0.05) is 10.6 Å². The number of aromatic nitrogens is 4. The van der Waals surface area contributed by atoms with Crippen LogP contribution in [-0.4, -0.2) is 46.2 Å². The maximum Gasteiger partial charge on any atom is 0.355 e. The number of ketones is 1. The average molecular weight is 426 g/mol. The number of tetrazole rings is 1. The summed E-state index contributed by atoms with van der Waals surface area (Å²) in [6, 6.07) is 12.7. The molecule has 9 nitrogen and oxygen atoms in total. The number of methoxy groups -OCH3 is 2. The number of allylic oxidation sites excluding steroid dienone is 1. The fourth-order valence-electron chi connectivity index (χ4n) is 3.26. The molecule has 1 atom stereocenters. The van der Waals surface area contributed by atoms with Crippen LogP contribution in [0.1, 0.15) is 22.0 Å². The standard InChI is InChI=1S/C20H16ClN5O4/c1-29-14-5-3-4-12(10-14)17-15(18(27)11-6-8-13(21)9-7-11)16(19(28)30-2)22-20-23-24-25-26(17)20/h3-10,17H,1-2H3,(H,22,23,25)/t17-/m1/s1. The van der Waals surface area contributed by atoms with Gasteiger partial charge in [-0.1, -0.05) is 28.8 Å².